The highest BCUT2D eigenvalue weighted by atomic mass is 32.2. The number of carbonyl (C=O) groups excluding carboxylic acids is 4. The van der Waals surface area contributed by atoms with Gasteiger partial charge in [0.25, 0.3) is 23.6 Å². The summed E-state index contributed by atoms with van der Waals surface area (Å²) in [5.74, 6) is -5.04. The molecular weight excluding hydrogens is 624 g/mol. The Balaban J connectivity index is 1.35. The number of benzene rings is 4. The first-order valence-electron chi connectivity index (χ1n) is 13.6. The van der Waals surface area contributed by atoms with Crippen molar-refractivity contribution in [3.05, 3.63) is 107 Å². The van der Waals surface area contributed by atoms with Crippen molar-refractivity contribution in [1.82, 2.24) is 10.1 Å². The summed E-state index contributed by atoms with van der Waals surface area (Å²) in [5.41, 5.74) is 1.66. The molecule has 0 aromatic heterocycles. The SMILES string of the molecule is Cc1ccc(S(=O)(=O)ON2C(=O)c3cccc4cc(C5CCC(=O)N(OS(=O)(=O)c6ccc(C)cc6)C5=O)cc(c34)C2=O)cc1. The van der Waals surface area contributed by atoms with Gasteiger partial charge < -0.3 is 0 Å². The minimum Gasteiger partial charge on any atom is -0.272 e. The molecule has 4 aromatic carbocycles. The Bertz CT molecular complexity index is 2140. The standard InChI is InChI=1S/C31H24N2O10S2/c1-18-6-10-22(11-7-18)44(38,39)42-32-27(34)15-14-24(29(32)35)21-16-20-4-3-5-25-28(20)26(17-21)31(37)33(30(25)36)43-45(40,41)23-12-8-19(2)9-13-23/h3-13,16-17,24H,14-15H2,1-2H3. The first kappa shape index (κ1) is 30.3. The zero-order valence-electron chi connectivity index (χ0n) is 23.8. The summed E-state index contributed by atoms with van der Waals surface area (Å²) >= 11 is 0. The summed E-state index contributed by atoms with van der Waals surface area (Å²) in [6.45, 7) is 3.51. The molecule has 45 heavy (non-hydrogen) atoms. The van der Waals surface area contributed by atoms with Crippen LogP contribution in [0.4, 0.5) is 0 Å². The van der Waals surface area contributed by atoms with Crippen LogP contribution in [0, 0.1) is 13.8 Å². The topological polar surface area (TPSA) is 161 Å². The van der Waals surface area contributed by atoms with Crippen LogP contribution in [-0.2, 0) is 38.4 Å². The van der Waals surface area contributed by atoms with Gasteiger partial charge in [-0.25, -0.2) is 0 Å². The molecule has 1 atom stereocenters. The van der Waals surface area contributed by atoms with Crippen molar-refractivity contribution in [3.8, 4) is 0 Å². The van der Waals surface area contributed by atoms with E-state index in [0.717, 1.165) is 11.1 Å². The molecule has 12 nitrogen and oxygen atoms in total. The molecule has 2 heterocycles. The smallest absolute Gasteiger partial charge is 0.272 e. The molecule has 1 saturated heterocycles. The second kappa shape index (κ2) is 11.0. The minimum atomic E-state index is -4.60. The second-order valence-electron chi connectivity index (χ2n) is 10.7. The number of hydrogen-bond donors (Lipinski definition) is 0. The minimum absolute atomic E-state index is 0.00736. The van der Waals surface area contributed by atoms with Crippen molar-refractivity contribution >= 4 is 54.6 Å². The van der Waals surface area contributed by atoms with Gasteiger partial charge in [-0.15, -0.1) is 18.7 Å². The third kappa shape index (κ3) is 5.42. The van der Waals surface area contributed by atoms with Gasteiger partial charge in [0.15, 0.2) is 0 Å². The predicted molar refractivity (Wildman–Crippen MR) is 157 cm³/mol. The molecule has 4 amide bonds. The highest BCUT2D eigenvalue weighted by Gasteiger charge is 2.42. The third-order valence-electron chi connectivity index (χ3n) is 7.57. The molecule has 1 fully saturated rings. The quantitative estimate of drug-likeness (QED) is 0.269. The molecule has 6 rings (SSSR count). The van der Waals surface area contributed by atoms with Crippen LogP contribution in [-0.4, -0.2) is 50.6 Å². The summed E-state index contributed by atoms with van der Waals surface area (Å²) in [6, 6.07) is 18.6. The molecule has 230 valence electrons. The maximum Gasteiger partial charge on any atom is 0.318 e. The van der Waals surface area contributed by atoms with Crippen molar-refractivity contribution < 1.29 is 44.6 Å². The fraction of sp³-hybridized carbons (Fsp3) is 0.161. The summed E-state index contributed by atoms with van der Waals surface area (Å²) in [5, 5.41) is 0.974. The zero-order chi connectivity index (χ0) is 32.3. The van der Waals surface area contributed by atoms with E-state index in [-0.39, 0.29) is 54.8 Å². The number of amides is 4. The zero-order valence-corrected chi connectivity index (χ0v) is 25.4. The average molecular weight is 649 g/mol. The Morgan fingerprint density at radius 3 is 1.78 bits per heavy atom. The Kier molecular flexibility index (Phi) is 7.40. The van der Waals surface area contributed by atoms with Gasteiger partial charge in [-0.05, 0) is 67.6 Å². The van der Waals surface area contributed by atoms with E-state index in [1.807, 2.05) is 0 Å². The van der Waals surface area contributed by atoms with Crippen molar-refractivity contribution in [3.63, 3.8) is 0 Å². The van der Waals surface area contributed by atoms with Crippen LogP contribution in [0.15, 0.2) is 88.7 Å². The van der Waals surface area contributed by atoms with E-state index in [0.29, 0.717) is 5.39 Å². The summed E-state index contributed by atoms with van der Waals surface area (Å²) in [4.78, 5) is 52.6. The van der Waals surface area contributed by atoms with E-state index >= 15 is 0 Å². The number of nitrogens with zero attached hydrogens (tertiary/aromatic N) is 2. The van der Waals surface area contributed by atoms with Crippen LogP contribution in [0.25, 0.3) is 10.8 Å². The molecular formula is C31H24N2O10S2. The lowest BCUT2D eigenvalue weighted by Gasteiger charge is -2.30. The molecule has 2 aliphatic heterocycles. The molecule has 0 bridgehead atoms. The van der Waals surface area contributed by atoms with Crippen LogP contribution in [0.3, 0.4) is 0 Å². The van der Waals surface area contributed by atoms with Gasteiger partial charge in [0, 0.05) is 11.8 Å². The first-order valence-corrected chi connectivity index (χ1v) is 16.4. The number of piperidine rings is 1. The fourth-order valence-corrected chi connectivity index (χ4v) is 7.01. The summed E-state index contributed by atoms with van der Waals surface area (Å²) < 4.78 is 61.9. The first-order chi connectivity index (χ1) is 21.3. The van der Waals surface area contributed by atoms with E-state index < -0.39 is 49.8 Å². The summed E-state index contributed by atoms with van der Waals surface area (Å²) in [6.07, 6.45) is -0.272. The van der Waals surface area contributed by atoms with E-state index in [9.17, 15) is 36.0 Å². The number of aryl methyl sites for hydroxylation is 2. The van der Waals surface area contributed by atoms with Gasteiger partial charge in [0.05, 0.1) is 26.8 Å². The van der Waals surface area contributed by atoms with Gasteiger partial charge in [-0.3, -0.25) is 19.2 Å². The van der Waals surface area contributed by atoms with Crippen molar-refractivity contribution in [1.29, 1.82) is 0 Å². The highest BCUT2D eigenvalue weighted by molar-refractivity contribution is 7.87. The Morgan fingerprint density at radius 2 is 1.20 bits per heavy atom. The molecule has 4 aromatic rings. The van der Waals surface area contributed by atoms with Crippen LogP contribution in [0.1, 0.15) is 56.2 Å². The molecule has 0 radical (unpaired) electrons. The second-order valence-corrected chi connectivity index (χ2v) is 13.7. The number of carbonyl (C=O) groups is 4. The fourth-order valence-electron chi connectivity index (χ4n) is 5.21. The van der Waals surface area contributed by atoms with Crippen LogP contribution in [0.5, 0.6) is 0 Å². The van der Waals surface area contributed by atoms with E-state index in [1.54, 1.807) is 26.0 Å². The summed E-state index contributed by atoms with van der Waals surface area (Å²) in [7, 11) is -9.14. The van der Waals surface area contributed by atoms with Crippen LogP contribution < -0.4 is 0 Å². The van der Waals surface area contributed by atoms with E-state index in [4.69, 9.17) is 8.57 Å². The van der Waals surface area contributed by atoms with Crippen molar-refractivity contribution in [2.24, 2.45) is 0 Å². The lowest BCUT2D eigenvalue weighted by molar-refractivity contribution is -0.176. The van der Waals surface area contributed by atoms with E-state index in [2.05, 4.69) is 0 Å². The molecule has 0 spiro atoms. The number of hydroxylamine groups is 4. The van der Waals surface area contributed by atoms with Gasteiger partial charge in [-0.1, -0.05) is 53.6 Å². The van der Waals surface area contributed by atoms with Gasteiger partial charge in [-0.2, -0.15) is 16.8 Å². The largest absolute Gasteiger partial charge is 0.318 e. The average Bonchev–Trinajstić information content (AvgIpc) is 3.00. The number of imide groups is 2. The van der Waals surface area contributed by atoms with Crippen LogP contribution in [0.2, 0.25) is 0 Å². The van der Waals surface area contributed by atoms with Gasteiger partial charge in [0.2, 0.25) is 0 Å². The maximum absolute atomic E-state index is 13.6. The van der Waals surface area contributed by atoms with Crippen LogP contribution >= 0.6 is 0 Å². The van der Waals surface area contributed by atoms with Crippen molar-refractivity contribution in [2.75, 3.05) is 0 Å². The highest BCUT2D eigenvalue weighted by Crippen LogP contribution is 2.37. The maximum atomic E-state index is 13.6. The Morgan fingerprint density at radius 1 is 0.667 bits per heavy atom. The predicted octanol–water partition coefficient (Wildman–Crippen LogP) is 3.93. The Labute approximate surface area is 257 Å². The number of rotatable bonds is 7. The molecule has 2 aliphatic rings. The monoisotopic (exact) mass is 648 g/mol. The lowest BCUT2D eigenvalue weighted by atomic mass is 9.85. The van der Waals surface area contributed by atoms with E-state index in [1.165, 1.54) is 66.7 Å². The molecule has 0 N–H and O–H groups in total. The molecule has 14 heteroatoms. The normalized spacial score (nSPS) is 17.3. The number of hydrogen-bond acceptors (Lipinski definition) is 10. The third-order valence-corrected chi connectivity index (χ3v) is 9.96. The van der Waals surface area contributed by atoms with Crippen molar-refractivity contribution in [2.45, 2.75) is 42.4 Å². The molecule has 1 unspecified atom stereocenters. The molecule has 0 aliphatic carbocycles. The lowest BCUT2D eigenvalue weighted by Crippen LogP contribution is -2.45. The van der Waals surface area contributed by atoms with Gasteiger partial charge >= 0.3 is 20.2 Å². The molecule has 0 saturated carbocycles. The van der Waals surface area contributed by atoms with Gasteiger partial charge in [0.1, 0.15) is 0 Å². The Hall–Kier alpha value is -4.76.